The van der Waals surface area contributed by atoms with Crippen LogP contribution in [-0.4, -0.2) is 24.5 Å². The normalized spacial score (nSPS) is 10.8. The Bertz CT molecular complexity index is 563. The van der Waals surface area contributed by atoms with Gasteiger partial charge in [-0.15, -0.1) is 0 Å². The molecule has 0 spiro atoms. The maximum atomic E-state index is 11.7. The Morgan fingerprint density at radius 2 is 2.26 bits per heavy atom. The van der Waals surface area contributed by atoms with E-state index in [0.29, 0.717) is 12.3 Å². The lowest BCUT2D eigenvalue weighted by Crippen LogP contribution is -2.15. The van der Waals surface area contributed by atoms with Gasteiger partial charge in [-0.25, -0.2) is 4.98 Å². The van der Waals surface area contributed by atoms with Crippen molar-refractivity contribution in [1.29, 1.82) is 0 Å². The van der Waals surface area contributed by atoms with E-state index >= 15 is 0 Å². The number of anilines is 1. The first kappa shape index (κ1) is 13.5. The Balaban J connectivity index is 2.02. The second kappa shape index (κ2) is 6.33. The molecule has 1 heterocycles. The van der Waals surface area contributed by atoms with Crippen LogP contribution in [0.1, 0.15) is 25.7 Å². The van der Waals surface area contributed by atoms with Gasteiger partial charge in [-0.3, -0.25) is 4.79 Å². The van der Waals surface area contributed by atoms with Crippen LogP contribution in [0.25, 0.3) is 11.1 Å². The highest BCUT2D eigenvalue weighted by atomic mass is 16.3. The standard InChI is InChI=1S/C14H19N3O2/c1-3-14-17-11-9-10(6-7-12(11)19-14)16-13(18)5-4-8-15-2/h6-7,9,15H,3-5,8H2,1-2H3,(H,16,18). The molecule has 0 fully saturated rings. The Labute approximate surface area is 112 Å². The van der Waals surface area contributed by atoms with Gasteiger partial charge in [0.1, 0.15) is 5.52 Å². The lowest BCUT2D eigenvalue weighted by Gasteiger charge is -2.04. The number of rotatable bonds is 6. The van der Waals surface area contributed by atoms with Gasteiger partial charge < -0.3 is 15.1 Å². The summed E-state index contributed by atoms with van der Waals surface area (Å²) in [5.41, 5.74) is 2.30. The molecule has 0 aliphatic carbocycles. The van der Waals surface area contributed by atoms with Gasteiger partial charge in [0.05, 0.1) is 0 Å². The zero-order valence-corrected chi connectivity index (χ0v) is 11.3. The topological polar surface area (TPSA) is 67.2 Å². The van der Waals surface area contributed by atoms with Crippen LogP contribution in [0.5, 0.6) is 0 Å². The second-order valence-electron chi connectivity index (χ2n) is 4.40. The fraction of sp³-hybridized carbons (Fsp3) is 0.429. The number of aromatic nitrogens is 1. The van der Waals surface area contributed by atoms with Gasteiger partial charge in [0.2, 0.25) is 5.91 Å². The molecule has 0 aliphatic rings. The van der Waals surface area contributed by atoms with Crippen LogP contribution in [-0.2, 0) is 11.2 Å². The van der Waals surface area contributed by atoms with E-state index in [-0.39, 0.29) is 5.91 Å². The third-order valence-electron chi connectivity index (χ3n) is 2.85. The predicted molar refractivity (Wildman–Crippen MR) is 75.2 cm³/mol. The first-order chi connectivity index (χ1) is 9.22. The Morgan fingerprint density at radius 3 is 3.00 bits per heavy atom. The number of nitrogens with one attached hydrogen (secondary N) is 2. The molecule has 0 bridgehead atoms. The van der Waals surface area contributed by atoms with Crippen molar-refractivity contribution in [2.75, 3.05) is 18.9 Å². The number of fused-ring (bicyclic) bond motifs is 1. The summed E-state index contributed by atoms with van der Waals surface area (Å²) < 4.78 is 5.52. The van der Waals surface area contributed by atoms with Crippen LogP contribution in [0.3, 0.4) is 0 Å². The second-order valence-corrected chi connectivity index (χ2v) is 4.40. The first-order valence-electron chi connectivity index (χ1n) is 6.57. The summed E-state index contributed by atoms with van der Waals surface area (Å²) in [6.07, 6.45) is 2.10. The van der Waals surface area contributed by atoms with Crippen molar-refractivity contribution in [2.45, 2.75) is 26.2 Å². The quantitative estimate of drug-likeness (QED) is 0.783. The van der Waals surface area contributed by atoms with Crippen LogP contribution >= 0.6 is 0 Å². The number of carbonyl (C=O) groups excluding carboxylic acids is 1. The summed E-state index contributed by atoms with van der Waals surface area (Å²) in [5, 5.41) is 5.89. The molecule has 5 heteroatoms. The van der Waals surface area contributed by atoms with Gasteiger partial charge in [0.25, 0.3) is 0 Å². The van der Waals surface area contributed by atoms with Crippen molar-refractivity contribution in [1.82, 2.24) is 10.3 Å². The summed E-state index contributed by atoms with van der Waals surface area (Å²) in [7, 11) is 1.88. The summed E-state index contributed by atoms with van der Waals surface area (Å²) >= 11 is 0. The number of benzene rings is 1. The average Bonchev–Trinajstić information content (AvgIpc) is 2.81. The molecule has 5 nitrogen and oxygen atoms in total. The fourth-order valence-corrected chi connectivity index (χ4v) is 1.85. The number of carbonyl (C=O) groups is 1. The fourth-order valence-electron chi connectivity index (χ4n) is 1.85. The number of hydrogen-bond acceptors (Lipinski definition) is 4. The molecular formula is C14H19N3O2. The molecule has 2 N–H and O–H groups in total. The van der Waals surface area contributed by atoms with Crippen molar-refractivity contribution in [3.05, 3.63) is 24.1 Å². The van der Waals surface area contributed by atoms with Crippen molar-refractivity contribution in [3.63, 3.8) is 0 Å². The maximum Gasteiger partial charge on any atom is 0.224 e. The van der Waals surface area contributed by atoms with E-state index in [1.54, 1.807) is 0 Å². The zero-order valence-electron chi connectivity index (χ0n) is 11.3. The van der Waals surface area contributed by atoms with Gasteiger partial charge in [-0.2, -0.15) is 0 Å². The minimum absolute atomic E-state index is 0.0220. The summed E-state index contributed by atoms with van der Waals surface area (Å²) in [6.45, 7) is 2.84. The monoisotopic (exact) mass is 261 g/mol. The Morgan fingerprint density at radius 1 is 1.42 bits per heavy atom. The molecule has 1 amide bonds. The van der Waals surface area contributed by atoms with E-state index in [2.05, 4.69) is 15.6 Å². The number of hydrogen-bond donors (Lipinski definition) is 2. The van der Waals surface area contributed by atoms with Crippen LogP contribution in [0.4, 0.5) is 5.69 Å². The van der Waals surface area contributed by atoms with Crippen molar-refractivity contribution in [2.24, 2.45) is 0 Å². The van der Waals surface area contributed by atoms with E-state index < -0.39 is 0 Å². The molecule has 0 saturated carbocycles. The highest BCUT2D eigenvalue weighted by Gasteiger charge is 2.07. The smallest absolute Gasteiger partial charge is 0.224 e. The molecule has 19 heavy (non-hydrogen) atoms. The van der Waals surface area contributed by atoms with Crippen LogP contribution < -0.4 is 10.6 Å². The Hall–Kier alpha value is -1.88. The molecule has 0 unspecified atom stereocenters. The minimum Gasteiger partial charge on any atom is -0.441 e. The van der Waals surface area contributed by atoms with Crippen molar-refractivity contribution in [3.8, 4) is 0 Å². The molecule has 0 atom stereocenters. The average molecular weight is 261 g/mol. The number of amides is 1. The summed E-state index contributed by atoms with van der Waals surface area (Å²) in [5.74, 6) is 0.737. The molecule has 0 aliphatic heterocycles. The minimum atomic E-state index is 0.0220. The zero-order chi connectivity index (χ0) is 13.7. The summed E-state index contributed by atoms with van der Waals surface area (Å²) in [6, 6.07) is 5.52. The molecule has 2 aromatic rings. The van der Waals surface area contributed by atoms with Gasteiger partial charge >= 0.3 is 0 Å². The van der Waals surface area contributed by atoms with E-state index in [1.807, 2.05) is 32.2 Å². The molecule has 0 radical (unpaired) electrons. The van der Waals surface area contributed by atoms with Gasteiger partial charge in [0.15, 0.2) is 11.5 Å². The van der Waals surface area contributed by atoms with Crippen LogP contribution in [0.15, 0.2) is 22.6 Å². The molecule has 1 aromatic carbocycles. The van der Waals surface area contributed by atoms with E-state index in [1.165, 1.54) is 0 Å². The molecule has 102 valence electrons. The van der Waals surface area contributed by atoms with Gasteiger partial charge in [-0.1, -0.05) is 6.92 Å². The molecule has 2 rings (SSSR count). The van der Waals surface area contributed by atoms with E-state index in [0.717, 1.165) is 36.2 Å². The number of aryl methyl sites for hydroxylation is 1. The highest BCUT2D eigenvalue weighted by Crippen LogP contribution is 2.20. The lowest BCUT2D eigenvalue weighted by molar-refractivity contribution is -0.116. The predicted octanol–water partition coefficient (Wildman–Crippen LogP) is 2.33. The van der Waals surface area contributed by atoms with Crippen molar-refractivity contribution < 1.29 is 9.21 Å². The maximum absolute atomic E-state index is 11.7. The molecular weight excluding hydrogens is 242 g/mol. The first-order valence-corrected chi connectivity index (χ1v) is 6.57. The molecule has 1 aromatic heterocycles. The van der Waals surface area contributed by atoms with E-state index in [9.17, 15) is 4.79 Å². The number of oxazole rings is 1. The SMILES string of the molecule is CCc1nc2cc(NC(=O)CCCNC)ccc2o1. The molecule has 0 saturated heterocycles. The van der Waals surface area contributed by atoms with Crippen LogP contribution in [0, 0.1) is 0 Å². The van der Waals surface area contributed by atoms with E-state index in [4.69, 9.17) is 4.42 Å². The third kappa shape index (κ3) is 3.54. The largest absolute Gasteiger partial charge is 0.441 e. The highest BCUT2D eigenvalue weighted by molar-refractivity contribution is 5.92. The van der Waals surface area contributed by atoms with Gasteiger partial charge in [0, 0.05) is 18.5 Å². The van der Waals surface area contributed by atoms with Crippen LogP contribution in [0.2, 0.25) is 0 Å². The number of nitrogens with zero attached hydrogens (tertiary/aromatic N) is 1. The Kier molecular flexibility index (Phi) is 4.52. The van der Waals surface area contributed by atoms with Gasteiger partial charge in [-0.05, 0) is 38.2 Å². The summed E-state index contributed by atoms with van der Waals surface area (Å²) in [4.78, 5) is 16.0. The lowest BCUT2D eigenvalue weighted by atomic mass is 10.2. The third-order valence-corrected chi connectivity index (χ3v) is 2.85. The van der Waals surface area contributed by atoms with Crippen molar-refractivity contribution >= 4 is 22.7 Å².